The van der Waals surface area contributed by atoms with E-state index in [0.717, 1.165) is 11.1 Å². The summed E-state index contributed by atoms with van der Waals surface area (Å²) in [5.74, 6) is -0.563. The Balaban J connectivity index is 2.25. The van der Waals surface area contributed by atoms with Gasteiger partial charge in [-0.1, -0.05) is 42.5 Å². The lowest BCUT2D eigenvalue weighted by Crippen LogP contribution is -2.10. The van der Waals surface area contributed by atoms with Gasteiger partial charge in [0, 0.05) is 0 Å². The molecule has 102 valence electrons. The van der Waals surface area contributed by atoms with Crippen LogP contribution in [0.15, 0.2) is 66.6 Å². The van der Waals surface area contributed by atoms with E-state index in [-0.39, 0.29) is 5.76 Å². The predicted octanol–water partition coefficient (Wildman–Crippen LogP) is 3.30. The Labute approximate surface area is 116 Å². The van der Waals surface area contributed by atoms with Crippen molar-refractivity contribution in [2.75, 3.05) is 7.11 Å². The molecule has 0 amide bonds. The number of hydrogen-bond acceptors (Lipinski definition) is 4. The topological polar surface area (TPSA) is 55.8 Å². The zero-order chi connectivity index (χ0) is 14.4. The molecule has 2 rings (SSSR count). The summed E-state index contributed by atoms with van der Waals surface area (Å²) in [7, 11) is 1.22. The van der Waals surface area contributed by atoms with Gasteiger partial charge in [0.1, 0.15) is 12.0 Å². The van der Waals surface area contributed by atoms with Gasteiger partial charge in [0.2, 0.25) is 5.76 Å². The first-order valence-corrected chi connectivity index (χ1v) is 6.00. The minimum atomic E-state index is -0.738. The van der Waals surface area contributed by atoms with Crippen LogP contribution in [-0.4, -0.2) is 18.2 Å². The molecule has 0 aliphatic carbocycles. The smallest absolute Gasteiger partial charge is 0.377 e. The third-order valence-electron chi connectivity index (χ3n) is 2.67. The van der Waals surface area contributed by atoms with Gasteiger partial charge in [0.25, 0.3) is 0 Å². The Bertz CT molecular complexity index is 617. The van der Waals surface area contributed by atoms with Crippen LogP contribution in [0.25, 0.3) is 11.1 Å². The lowest BCUT2D eigenvalue weighted by Gasteiger charge is -2.08. The van der Waals surface area contributed by atoms with E-state index in [4.69, 9.17) is 9.84 Å². The molecule has 0 heterocycles. The second-order valence-electron chi connectivity index (χ2n) is 3.98. The molecular formula is C16H14O4. The van der Waals surface area contributed by atoms with Crippen LogP contribution in [-0.2, 0) is 9.53 Å². The van der Waals surface area contributed by atoms with Crippen LogP contribution in [0.5, 0.6) is 5.75 Å². The number of aliphatic hydroxyl groups is 1. The van der Waals surface area contributed by atoms with E-state index in [2.05, 4.69) is 4.74 Å². The number of aliphatic hydroxyl groups excluding tert-OH is 1. The maximum Gasteiger partial charge on any atom is 0.377 e. The molecule has 0 atom stereocenters. The summed E-state index contributed by atoms with van der Waals surface area (Å²) in [6.07, 6.45) is 0.584. The molecule has 0 saturated heterocycles. The predicted molar refractivity (Wildman–Crippen MR) is 75.2 cm³/mol. The summed E-state index contributed by atoms with van der Waals surface area (Å²) in [6, 6.07) is 17.0. The van der Waals surface area contributed by atoms with Crippen LogP contribution in [0.2, 0.25) is 0 Å². The van der Waals surface area contributed by atoms with Gasteiger partial charge in [-0.25, -0.2) is 4.79 Å². The van der Waals surface area contributed by atoms with Crippen molar-refractivity contribution < 1.29 is 19.4 Å². The highest BCUT2D eigenvalue weighted by molar-refractivity contribution is 5.86. The van der Waals surface area contributed by atoms with Gasteiger partial charge in [0.15, 0.2) is 0 Å². The first-order chi connectivity index (χ1) is 9.74. The SMILES string of the molecule is COC(=O)C(=CO)Oc1cccc(-c2ccccc2)c1. The molecule has 20 heavy (non-hydrogen) atoms. The van der Waals surface area contributed by atoms with Gasteiger partial charge in [-0.3, -0.25) is 0 Å². The van der Waals surface area contributed by atoms with Gasteiger partial charge in [-0.15, -0.1) is 0 Å². The van der Waals surface area contributed by atoms with E-state index in [1.807, 2.05) is 42.5 Å². The van der Waals surface area contributed by atoms with Crippen molar-refractivity contribution in [3.8, 4) is 16.9 Å². The third-order valence-corrected chi connectivity index (χ3v) is 2.67. The molecule has 4 heteroatoms. The number of carbonyl (C=O) groups is 1. The van der Waals surface area contributed by atoms with Crippen LogP contribution < -0.4 is 4.74 Å². The lowest BCUT2D eigenvalue weighted by molar-refractivity contribution is -0.138. The van der Waals surface area contributed by atoms with E-state index in [1.165, 1.54) is 7.11 Å². The minimum absolute atomic E-state index is 0.266. The minimum Gasteiger partial charge on any atom is -0.511 e. The number of benzene rings is 2. The van der Waals surface area contributed by atoms with E-state index in [0.29, 0.717) is 12.0 Å². The molecule has 0 spiro atoms. The summed E-state index contributed by atoms with van der Waals surface area (Å²) in [5, 5.41) is 8.99. The Morgan fingerprint density at radius 2 is 1.75 bits per heavy atom. The molecule has 0 aliphatic heterocycles. The lowest BCUT2D eigenvalue weighted by atomic mass is 10.1. The van der Waals surface area contributed by atoms with Gasteiger partial charge in [0.05, 0.1) is 7.11 Å². The highest BCUT2D eigenvalue weighted by Gasteiger charge is 2.12. The molecule has 1 N–H and O–H groups in total. The zero-order valence-electron chi connectivity index (χ0n) is 10.9. The van der Waals surface area contributed by atoms with Crippen molar-refractivity contribution in [2.45, 2.75) is 0 Å². The molecule has 0 aromatic heterocycles. The van der Waals surface area contributed by atoms with Crippen molar-refractivity contribution in [3.05, 3.63) is 66.6 Å². The van der Waals surface area contributed by atoms with Crippen LogP contribution in [0.4, 0.5) is 0 Å². The van der Waals surface area contributed by atoms with Crippen molar-refractivity contribution in [1.29, 1.82) is 0 Å². The summed E-state index contributed by atoms with van der Waals surface area (Å²) in [6.45, 7) is 0. The maximum atomic E-state index is 11.3. The number of carbonyl (C=O) groups excluding carboxylic acids is 1. The van der Waals surface area contributed by atoms with Crippen LogP contribution >= 0.6 is 0 Å². The molecule has 0 unspecified atom stereocenters. The van der Waals surface area contributed by atoms with Crippen molar-refractivity contribution in [2.24, 2.45) is 0 Å². The first kappa shape index (κ1) is 13.7. The number of hydrogen-bond donors (Lipinski definition) is 1. The highest BCUT2D eigenvalue weighted by atomic mass is 16.6. The Hall–Kier alpha value is -2.75. The fourth-order valence-corrected chi connectivity index (χ4v) is 1.72. The van der Waals surface area contributed by atoms with Gasteiger partial charge in [-0.05, 0) is 23.3 Å². The Morgan fingerprint density at radius 3 is 2.40 bits per heavy atom. The van der Waals surface area contributed by atoms with Crippen LogP contribution in [0, 0.1) is 0 Å². The number of rotatable bonds is 4. The number of ether oxygens (including phenoxy) is 2. The van der Waals surface area contributed by atoms with Gasteiger partial charge >= 0.3 is 5.97 Å². The monoisotopic (exact) mass is 270 g/mol. The first-order valence-electron chi connectivity index (χ1n) is 6.00. The van der Waals surface area contributed by atoms with Crippen molar-refractivity contribution in [3.63, 3.8) is 0 Å². The van der Waals surface area contributed by atoms with E-state index < -0.39 is 5.97 Å². The molecular weight excluding hydrogens is 256 g/mol. The molecule has 0 bridgehead atoms. The highest BCUT2D eigenvalue weighted by Crippen LogP contribution is 2.24. The van der Waals surface area contributed by atoms with Crippen LogP contribution in [0.1, 0.15) is 0 Å². The molecule has 4 nitrogen and oxygen atoms in total. The summed E-state index contributed by atoms with van der Waals surface area (Å²) < 4.78 is 9.81. The molecule has 0 fully saturated rings. The molecule has 2 aromatic rings. The Morgan fingerprint density at radius 1 is 1.05 bits per heavy atom. The largest absolute Gasteiger partial charge is 0.511 e. The summed E-state index contributed by atoms with van der Waals surface area (Å²) in [5.41, 5.74) is 1.98. The molecule has 0 radical (unpaired) electrons. The molecule has 0 aliphatic rings. The zero-order valence-corrected chi connectivity index (χ0v) is 10.9. The Kier molecular flexibility index (Phi) is 4.39. The van der Waals surface area contributed by atoms with Crippen LogP contribution in [0.3, 0.4) is 0 Å². The van der Waals surface area contributed by atoms with Gasteiger partial charge < -0.3 is 14.6 Å². The van der Waals surface area contributed by atoms with Crippen molar-refractivity contribution in [1.82, 2.24) is 0 Å². The molecule has 2 aromatic carbocycles. The standard InChI is InChI=1S/C16H14O4/c1-19-16(18)15(11-17)20-14-9-5-8-13(10-14)12-6-3-2-4-7-12/h2-11,17H,1H3. The summed E-state index contributed by atoms with van der Waals surface area (Å²) >= 11 is 0. The fourth-order valence-electron chi connectivity index (χ4n) is 1.72. The average molecular weight is 270 g/mol. The van der Waals surface area contributed by atoms with E-state index in [1.54, 1.807) is 12.1 Å². The molecule has 0 saturated carbocycles. The normalized spacial score (nSPS) is 10.9. The van der Waals surface area contributed by atoms with Crippen molar-refractivity contribution >= 4 is 5.97 Å². The average Bonchev–Trinajstić information content (AvgIpc) is 2.53. The quantitative estimate of drug-likeness (QED) is 0.526. The second kappa shape index (κ2) is 6.43. The summed E-state index contributed by atoms with van der Waals surface area (Å²) in [4.78, 5) is 11.3. The van der Waals surface area contributed by atoms with E-state index >= 15 is 0 Å². The second-order valence-corrected chi connectivity index (χ2v) is 3.98. The maximum absolute atomic E-state index is 11.3. The fraction of sp³-hybridized carbons (Fsp3) is 0.0625. The number of esters is 1. The van der Waals surface area contributed by atoms with E-state index in [9.17, 15) is 4.79 Å². The number of methoxy groups -OCH3 is 1. The third kappa shape index (κ3) is 3.17. The van der Waals surface area contributed by atoms with Gasteiger partial charge in [-0.2, -0.15) is 0 Å².